The molecule has 1 fully saturated rings. The molecule has 6 heteroatoms. The number of pyridine rings is 1. The van der Waals surface area contributed by atoms with E-state index in [-0.39, 0.29) is 18.4 Å². The van der Waals surface area contributed by atoms with Crippen LogP contribution in [-0.4, -0.2) is 40.1 Å². The maximum Gasteiger partial charge on any atom is 0.226 e. The predicted molar refractivity (Wildman–Crippen MR) is 98.4 cm³/mol. The first-order valence-corrected chi connectivity index (χ1v) is 9.02. The Labute approximate surface area is 152 Å². The van der Waals surface area contributed by atoms with E-state index in [4.69, 9.17) is 4.52 Å². The molecule has 0 saturated carbocycles. The lowest BCUT2D eigenvalue weighted by atomic mass is 10.0. The van der Waals surface area contributed by atoms with Gasteiger partial charge < -0.3 is 9.84 Å². The molecule has 0 radical (unpaired) electrons. The van der Waals surface area contributed by atoms with Gasteiger partial charge >= 0.3 is 0 Å². The molecule has 1 amide bonds. The van der Waals surface area contributed by atoms with Crippen LogP contribution in [0.15, 0.2) is 53.3 Å². The Morgan fingerprint density at radius 2 is 2.19 bits per heavy atom. The monoisotopic (exact) mass is 350 g/mol. The first-order valence-electron chi connectivity index (χ1n) is 9.02. The van der Waals surface area contributed by atoms with Gasteiger partial charge in [0.25, 0.3) is 0 Å². The number of nitrogens with one attached hydrogen (secondary N) is 1. The number of carbonyl (C=O) groups is 1. The summed E-state index contributed by atoms with van der Waals surface area (Å²) in [6, 6.07) is 11.8. The van der Waals surface area contributed by atoms with Crippen LogP contribution in [0, 0.1) is 0 Å². The molecule has 26 heavy (non-hydrogen) atoms. The summed E-state index contributed by atoms with van der Waals surface area (Å²) in [5.74, 6) is -0.00252. The molecule has 6 nitrogen and oxygen atoms in total. The van der Waals surface area contributed by atoms with Gasteiger partial charge in [-0.15, -0.1) is 0 Å². The Balaban J connectivity index is 1.33. The average Bonchev–Trinajstić information content (AvgIpc) is 3.06. The molecule has 3 heterocycles. The summed E-state index contributed by atoms with van der Waals surface area (Å²) < 4.78 is 5.28. The SMILES string of the molecule is O=C(Cc1noc2ccccc12)N[C@@H]1CCCN(Cc2cccnc2)C1. The van der Waals surface area contributed by atoms with Crippen LogP contribution in [0.5, 0.6) is 0 Å². The summed E-state index contributed by atoms with van der Waals surface area (Å²) in [5, 5.41) is 8.11. The molecule has 0 unspecified atom stereocenters. The van der Waals surface area contributed by atoms with Crippen molar-refractivity contribution in [2.45, 2.75) is 31.8 Å². The zero-order valence-corrected chi connectivity index (χ0v) is 14.6. The van der Waals surface area contributed by atoms with Crippen LogP contribution in [0.25, 0.3) is 11.0 Å². The molecular formula is C20H22N4O2. The van der Waals surface area contributed by atoms with Crippen LogP contribution in [0.2, 0.25) is 0 Å². The highest BCUT2D eigenvalue weighted by Gasteiger charge is 2.22. The van der Waals surface area contributed by atoms with Crippen LogP contribution in [0.4, 0.5) is 0 Å². The zero-order chi connectivity index (χ0) is 17.8. The summed E-state index contributed by atoms with van der Waals surface area (Å²) in [6.07, 6.45) is 6.03. The molecule has 3 aromatic rings. The van der Waals surface area contributed by atoms with Gasteiger partial charge in [0, 0.05) is 36.9 Å². The number of hydrogen-bond acceptors (Lipinski definition) is 5. The van der Waals surface area contributed by atoms with Crippen molar-refractivity contribution in [1.29, 1.82) is 0 Å². The third kappa shape index (κ3) is 3.91. The maximum absolute atomic E-state index is 12.5. The normalized spacial score (nSPS) is 18.1. The second-order valence-corrected chi connectivity index (χ2v) is 6.81. The molecule has 2 aromatic heterocycles. The highest BCUT2D eigenvalue weighted by atomic mass is 16.5. The summed E-state index contributed by atoms with van der Waals surface area (Å²) in [6.45, 7) is 2.78. The van der Waals surface area contributed by atoms with E-state index < -0.39 is 0 Å². The van der Waals surface area contributed by atoms with Crippen molar-refractivity contribution in [3.05, 3.63) is 60.0 Å². The van der Waals surface area contributed by atoms with Crippen LogP contribution < -0.4 is 5.32 Å². The number of aromatic nitrogens is 2. The number of piperidine rings is 1. The molecule has 0 spiro atoms. The molecule has 134 valence electrons. The fourth-order valence-corrected chi connectivity index (χ4v) is 3.56. The van der Waals surface area contributed by atoms with Crippen molar-refractivity contribution < 1.29 is 9.32 Å². The lowest BCUT2D eigenvalue weighted by Gasteiger charge is -2.33. The molecule has 1 saturated heterocycles. The largest absolute Gasteiger partial charge is 0.356 e. The zero-order valence-electron chi connectivity index (χ0n) is 14.6. The van der Waals surface area contributed by atoms with Crippen molar-refractivity contribution in [1.82, 2.24) is 20.4 Å². The highest BCUT2D eigenvalue weighted by Crippen LogP contribution is 2.18. The molecule has 1 N–H and O–H groups in total. The van der Waals surface area contributed by atoms with Crippen molar-refractivity contribution >= 4 is 16.9 Å². The Kier molecular flexibility index (Phi) is 4.93. The standard InChI is InChI=1S/C20H22N4O2/c25-20(11-18-17-7-1-2-8-19(17)26-23-18)22-16-6-4-10-24(14-16)13-15-5-3-9-21-12-15/h1-3,5,7-9,12,16H,4,6,10-11,13-14H2,(H,22,25)/t16-/m1/s1. The van der Waals surface area contributed by atoms with E-state index in [1.807, 2.05) is 36.5 Å². The predicted octanol–water partition coefficient (Wildman–Crippen LogP) is 2.55. The quantitative estimate of drug-likeness (QED) is 0.766. The molecular weight excluding hydrogens is 328 g/mol. The summed E-state index contributed by atoms with van der Waals surface area (Å²) in [5.41, 5.74) is 2.62. The van der Waals surface area contributed by atoms with Gasteiger partial charge in [0.1, 0.15) is 5.69 Å². The van der Waals surface area contributed by atoms with E-state index in [2.05, 4.69) is 26.4 Å². The number of fused-ring (bicyclic) bond motifs is 1. The van der Waals surface area contributed by atoms with E-state index in [0.717, 1.165) is 43.4 Å². The summed E-state index contributed by atoms with van der Waals surface area (Å²) >= 11 is 0. The number of para-hydroxylation sites is 1. The number of rotatable bonds is 5. The van der Waals surface area contributed by atoms with Gasteiger partial charge in [0.2, 0.25) is 5.91 Å². The molecule has 1 atom stereocenters. The van der Waals surface area contributed by atoms with Crippen molar-refractivity contribution in [2.24, 2.45) is 0 Å². The highest BCUT2D eigenvalue weighted by molar-refractivity contribution is 5.86. The third-order valence-corrected chi connectivity index (χ3v) is 4.78. The number of carbonyl (C=O) groups excluding carboxylic acids is 1. The average molecular weight is 350 g/mol. The lowest BCUT2D eigenvalue weighted by Crippen LogP contribution is -2.47. The van der Waals surface area contributed by atoms with E-state index in [0.29, 0.717) is 5.69 Å². The van der Waals surface area contributed by atoms with Crippen molar-refractivity contribution in [3.63, 3.8) is 0 Å². The Morgan fingerprint density at radius 1 is 1.27 bits per heavy atom. The Hall–Kier alpha value is -2.73. The van der Waals surface area contributed by atoms with Gasteiger partial charge in [-0.25, -0.2) is 0 Å². The molecule has 4 rings (SSSR count). The third-order valence-electron chi connectivity index (χ3n) is 4.78. The van der Waals surface area contributed by atoms with Gasteiger partial charge in [-0.2, -0.15) is 0 Å². The van der Waals surface area contributed by atoms with E-state index >= 15 is 0 Å². The van der Waals surface area contributed by atoms with E-state index in [1.54, 1.807) is 6.20 Å². The second kappa shape index (κ2) is 7.66. The summed E-state index contributed by atoms with van der Waals surface area (Å²) in [7, 11) is 0. The van der Waals surface area contributed by atoms with Gasteiger partial charge in [-0.05, 0) is 43.1 Å². The van der Waals surface area contributed by atoms with E-state index in [1.165, 1.54) is 5.56 Å². The minimum absolute atomic E-state index is 0.00252. The number of amides is 1. The lowest BCUT2D eigenvalue weighted by molar-refractivity contribution is -0.121. The van der Waals surface area contributed by atoms with Crippen LogP contribution in [0.3, 0.4) is 0 Å². The van der Waals surface area contributed by atoms with Gasteiger partial charge in [0.05, 0.1) is 6.42 Å². The van der Waals surface area contributed by atoms with Gasteiger partial charge in [0.15, 0.2) is 5.58 Å². The molecule has 1 aliphatic heterocycles. The number of benzene rings is 1. The fourth-order valence-electron chi connectivity index (χ4n) is 3.56. The summed E-state index contributed by atoms with van der Waals surface area (Å²) in [4.78, 5) is 19.0. The first-order chi connectivity index (χ1) is 12.8. The molecule has 1 aromatic carbocycles. The Bertz CT molecular complexity index is 878. The molecule has 0 aliphatic carbocycles. The van der Waals surface area contributed by atoms with Gasteiger partial charge in [-0.3, -0.25) is 14.7 Å². The second-order valence-electron chi connectivity index (χ2n) is 6.81. The minimum Gasteiger partial charge on any atom is -0.356 e. The van der Waals surface area contributed by atoms with Crippen LogP contribution in [-0.2, 0) is 17.8 Å². The number of nitrogens with zero attached hydrogens (tertiary/aromatic N) is 3. The van der Waals surface area contributed by atoms with Crippen molar-refractivity contribution in [2.75, 3.05) is 13.1 Å². The Morgan fingerprint density at radius 3 is 3.08 bits per heavy atom. The van der Waals surface area contributed by atoms with Crippen LogP contribution in [0.1, 0.15) is 24.1 Å². The topological polar surface area (TPSA) is 71.3 Å². The molecule has 1 aliphatic rings. The smallest absolute Gasteiger partial charge is 0.226 e. The van der Waals surface area contributed by atoms with Crippen LogP contribution >= 0.6 is 0 Å². The van der Waals surface area contributed by atoms with Crippen molar-refractivity contribution in [3.8, 4) is 0 Å². The minimum atomic E-state index is -0.00252. The first kappa shape index (κ1) is 16.7. The number of hydrogen-bond donors (Lipinski definition) is 1. The molecule has 0 bridgehead atoms. The fraction of sp³-hybridized carbons (Fsp3) is 0.350. The van der Waals surface area contributed by atoms with E-state index in [9.17, 15) is 4.79 Å². The maximum atomic E-state index is 12.5. The number of likely N-dealkylation sites (tertiary alicyclic amines) is 1. The van der Waals surface area contributed by atoms with Gasteiger partial charge in [-0.1, -0.05) is 23.4 Å².